The predicted octanol–water partition coefficient (Wildman–Crippen LogP) is 7.56. The van der Waals surface area contributed by atoms with Gasteiger partial charge in [0.25, 0.3) is 0 Å². The van der Waals surface area contributed by atoms with Gasteiger partial charge in [0, 0.05) is 25.3 Å². The van der Waals surface area contributed by atoms with Gasteiger partial charge in [0.05, 0.1) is 4.92 Å². The van der Waals surface area contributed by atoms with E-state index in [1.807, 2.05) is 0 Å². The molecule has 4 aliphatic carbocycles. The molecule has 5 nitrogen and oxygen atoms in total. The van der Waals surface area contributed by atoms with Crippen LogP contribution in [0.5, 0.6) is 0 Å². The molecule has 0 aromatic heterocycles. The molecule has 0 bridgehead atoms. The van der Waals surface area contributed by atoms with Crippen LogP contribution in [-0.4, -0.2) is 17.0 Å². The van der Waals surface area contributed by atoms with Crippen LogP contribution in [0.1, 0.15) is 112 Å². The van der Waals surface area contributed by atoms with E-state index in [9.17, 15) is 14.9 Å². The fraction of sp³-hybridized carbons (Fsp3) is 0.897. The maximum atomic E-state index is 12.3. The number of hydrogen-bond donors (Lipinski definition) is 0. The summed E-state index contributed by atoms with van der Waals surface area (Å²) in [6.07, 6.45) is 11.6. The highest BCUT2D eigenvalue weighted by atomic mass is 16.6. The minimum absolute atomic E-state index is 0.0904. The largest absolute Gasteiger partial charge is 0.462 e. The Labute approximate surface area is 206 Å². The lowest BCUT2D eigenvalue weighted by atomic mass is 9.46. The second-order valence-electron chi connectivity index (χ2n) is 13.2. The van der Waals surface area contributed by atoms with Gasteiger partial charge in [-0.1, -0.05) is 53.9 Å². The molecule has 0 aliphatic heterocycles. The maximum absolute atomic E-state index is 12.3. The topological polar surface area (TPSA) is 69.4 Å². The van der Waals surface area contributed by atoms with Crippen molar-refractivity contribution >= 4 is 5.97 Å². The third-order valence-electron chi connectivity index (χ3n) is 10.9. The molecule has 0 saturated heterocycles. The third kappa shape index (κ3) is 4.46. The molecule has 0 aromatic carbocycles. The van der Waals surface area contributed by atoms with Crippen LogP contribution in [0.25, 0.3) is 0 Å². The Kier molecular flexibility index (Phi) is 7.24. The van der Waals surface area contributed by atoms with Crippen molar-refractivity contribution < 1.29 is 14.5 Å². The summed E-state index contributed by atoms with van der Waals surface area (Å²) in [4.78, 5) is 23.8. The first kappa shape index (κ1) is 25.7. The number of nitro groups is 1. The zero-order valence-electron chi connectivity index (χ0n) is 22.4. The van der Waals surface area contributed by atoms with Crippen molar-refractivity contribution in [2.75, 3.05) is 0 Å². The van der Waals surface area contributed by atoms with Crippen molar-refractivity contribution in [3.8, 4) is 0 Å². The lowest BCUT2D eigenvalue weighted by Crippen LogP contribution is -2.52. The van der Waals surface area contributed by atoms with Gasteiger partial charge in [-0.25, -0.2) is 0 Å². The van der Waals surface area contributed by atoms with Crippen molar-refractivity contribution in [1.29, 1.82) is 0 Å². The lowest BCUT2D eigenvalue weighted by Gasteiger charge is -2.58. The Bertz CT molecular complexity index is 834. The second-order valence-corrected chi connectivity index (χ2v) is 13.2. The van der Waals surface area contributed by atoms with Crippen LogP contribution in [0.4, 0.5) is 0 Å². The summed E-state index contributed by atoms with van der Waals surface area (Å²) < 4.78 is 5.53. The number of carbonyl (C=O) groups excluding carboxylic acids is 1. The normalized spacial score (nSPS) is 40.4. The van der Waals surface area contributed by atoms with E-state index in [0.717, 1.165) is 36.2 Å². The van der Waals surface area contributed by atoms with Crippen LogP contribution in [-0.2, 0) is 9.53 Å². The smallest absolute Gasteiger partial charge is 0.302 e. The molecule has 192 valence electrons. The first-order valence-electron chi connectivity index (χ1n) is 14.0. The minimum atomic E-state index is -0.279. The number of ether oxygens (including phenoxy) is 1. The Balaban J connectivity index is 1.58. The van der Waals surface area contributed by atoms with Crippen molar-refractivity contribution in [3.05, 3.63) is 21.4 Å². The molecule has 3 saturated carbocycles. The molecule has 0 N–H and O–H groups in total. The minimum Gasteiger partial charge on any atom is -0.462 e. The van der Waals surface area contributed by atoms with Crippen LogP contribution in [0.3, 0.4) is 0 Å². The van der Waals surface area contributed by atoms with Crippen LogP contribution >= 0.6 is 0 Å². The van der Waals surface area contributed by atoms with Crippen molar-refractivity contribution in [1.82, 2.24) is 0 Å². The molecule has 34 heavy (non-hydrogen) atoms. The molecule has 0 amide bonds. The van der Waals surface area contributed by atoms with Gasteiger partial charge in [0.2, 0.25) is 5.70 Å². The Morgan fingerprint density at radius 1 is 1.06 bits per heavy atom. The van der Waals surface area contributed by atoms with E-state index in [1.165, 1.54) is 51.9 Å². The van der Waals surface area contributed by atoms with Gasteiger partial charge in [-0.15, -0.1) is 0 Å². The number of nitrogens with zero attached hydrogens (tertiary/aromatic N) is 1. The van der Waals surface area contributed by atoms with E-state index >= 15 is 0 Å². The van der Waals surface area contributed by atoms with Crippen LogP contribution in [0.2, 0.25) is 0 Å². The second kappa shape index (κ2) is 9.58. The summed E-state index contributed by atoms with van der Waals surface area (Å²) >= 11 is 0. The molecule has 8 atom stereocenters. The number of fused-ring (bicyclic) bond motifs is 5. The molecule has 0 heterocycles. The number of esters is 1. The van der Waals surface area contributed by atoms with Gasteiger partial charge in [0.1, 0.15) is 6.10 Å². The van der Waals surface area contributed by atoms with E-state index < -0.39 is 0 Å². The summed E-state index contributed by atoms with van der Waals surface area (Å²) in [7, 11) is 0. The molecule has 0 spiro atoms. The molecule has 5 heteroatoms. The Morgan fingerprint density at radius 2 is 1.79 bits per heavy atom. The van der Waals surface area contributed by atoms with Gasteiger partial charge >= 0.3 is 5.97 Å². The van der Waals surface area contributed by atoms with Crippen LogP contribution < -0.4 is 0 Å². The fourth-order valence-corrected chi connectivity index (χ4v) is 9.29. The molecular formula is C29H47NO4. The monoisotopic (exact) mass is 473 g/mol. The van der Waals surface area contributed by atoms with Gasteiger partial charge in [-0.3, -0.25) is 14.9 Å². The maximum Gasteiger partial charge on any atom is 0.302 e. The van der Waals surface area contributed by atoms with E-state index in [1.54, 1.807) is 0 Å². The zero-order valence-corrected chi connectivity index (χ0v) is 22.4. The molecule has 4 rings (SSSR count). The third-order valence-corrected chi connectivity index (χ3v) is 10.9. The molecule has 0 unspecified atom stereocenters. The first-order valence-corrected chi connectivity index (χ1v) is 14.0. The number of rotatable bonds is 7. The van der Waals surface area contributed by atoms with Crippen molar-refractivity contribution in [2.24, 2.45) is 46.3 Å². The fourth-order valence-electron chi connectivity index (χ4n) is 9.29. The lowest BCUT2D eigenvalue weighted by molar-refractivity contribution is -0.434. The first-order chi connectivity index (χ1) is 16.0. The molecule has 0 aromatic rings. The predicted molar refractivity (Wildman–Crippen MR) is 135 cm³/mol. The Morgan fingerprint density at radius 3 is 2.44 bits per heavy atom. The number of allylic oxidation sites excluding steroid dienone is 1. The summed E-state index contributed by atoms with van der Waals surface area (Å²) in [6, 6.07) is 0. The molecule has 0 radical (unpaired) electrons. The average Bonchev–Trinajstić information content (AvgIpc) is 3.10. The molecule has 3 fully saturated rings. The standard InChI is InChI=1S/C29H47NO4/c1-18(2)8-7-9-19(3)23-10-11-24-22-17-27(30(32)33)26-16-21(34-20(4)31)12-14-29(26,6)25(22)13-15-28(23,24)5/h18-19,21-25H,7-17H2,1-6H3/t19-,21+,22-,23-,24-,25-,28+,29+/m0/s1. The zero-order chi connectivity index (χ0) is 24.8. The van der Waals surface area contributed by atoms with Crippen molar-refractivity contribution in [3.63, 3.8) is 0 Å². The summed E-state index contributed by atoms with van der Waals surface area (Å²) in [5.74, 6) is 3.53. The summed E-state index contributed by atoms with van der Waals surface area (Å²) in [6.45, 7) is 13.4. The van der Waals surface area contributed by atoms with Gasteiger partial charge in [-0.2, -0.15) is 0 Å². The highest BCUT2D eigenvalue weighted by molar-refractivity contribution is 5.66. The van der Waals surface area contributed by atoms with Crippen molar-refractivity contribution in [2.45, 2.75) is 118 Å². The van der Waals surface area contributed by atoms with Crippen LogP contribution in [0, 0.1) is 56.5 Å². The van der Waals surface area contributed by atoms with E-state index in [0.29, 0.717) is 41.7 Å². The van der Waals surface area contributed by atoms with Gasteiger partial charge < -0.3 is 4.74 Å². The van der Waals surface area contributed by atoms with E-state index in [-0.39, 0.29) is 22.4 Å². The van der Waals surface area contributed by atoms with E-state index in [2.05, 4.69) is 34.6 Å². The quantitative estimate of drug-likeness (QED) is 0.217. The molecular weight excluding hydrogens is 426 g/mol. The number of hydrogen-bond acceptors (Lipinski definition) is 4. The summed E-state index contributed by atoms with van der Waals surface area (Å²) in [5.41, 5.74) is 1.66. The Hall–Kier alpha value is -1.39. The van der Waals surface area contributed by atoms with Gasteiger partial charge in [-0.05, 0) is 84.9 Å². The summed E-state index contributed by atoms with van der Waals surface area (Å²) in [5, 5.41) is 12.3. The van der Waals surface area contributed by atoms with Gasteiger partial charge in [0.15, 0.2) is 0 Å². The number of carbonyl (C=O) groups is 1. The SMILES string of the molecule is CC(=O)O[C@@H]1CC[C@@]2(C)C(=C([N+](=O)[O-])C[C@H]3[C@@H]4CC[C@@H]([C@@H](C)CCCC(C)C)[C@@]4(C)CC[C@@H]32)C1. The highest BCUT2D eigenvalue weighted by Gasteiger charge is 2.61. The highest BCUT2D eigenvalue weighted by Crippen LogP contribution is 2.68. The molecule has 4 aliphatic rings. The average molecular weight is 474 g/mol. The van der Waals surface area contributed by atoms with Crippen LogP contribution in [0.15, 0.2) is 11.3 Å². The van der Waals surface area contributed by atoms with E-state index in [4.69, 9.17) is 4.74 Å².